The fourth-order valence-electron chi connectivity index (χ4n) is 2.49. The van der Waals surface area contributed by atoms with Crippen LogP contribution >= 0.6 is 0 Å². The van der Waals surface area contributed by atoms with Crippen molar-refractivity contribution < 1.29 is 18.7 Å². The molecule has 0 aromatic heterocycles. The lowest BCUT2D eigenvalue weighted by Gasteiger charge is -2.21. The number of carbonyl (C=O) groups is 2. The number of amides is 2. The van der Waals surface area contributed by atoms with Gasteiger partial charge < -0.3 is 15.0 Å². The van der Waals surface area contributed by atoms with E-state index in [1.54, 1.807) is 12.0 Å². The number of rotatable bonds is 8. The van der Waals surface area contributed by atoms with Gasteiger partial charge in [-0.05, 0) is 48.4 Å². The van der Waals surface area contributed by atoms with Gasteiger partial charge in [0.1, 0.15) is 11.6 Å². The normalized spacial score (nSPS) is 10.3. The highest BCUT2D eigenvalue weighted by Gasteiger charge is 2.10. The van der Waals surface area contributed by atoms with Crippen LogP contribution in [0.5, 0.6) is 5.75 Å². The second-order valence-electron chi connectivity index (χ2n) is 5.87. The van der Waals surface area contributed by atoms with Crippen molar-refractivity contribution in [3.63, 3.8) is 0 Å². The summed E-state index contributed by atoms with van der Waals surface area (Å²) in [4.78, 5) is 25.5. The average Bonchev–Trinajstić information content (AvgIpc) is 2.65. The van der Waals surface area contributed by atoms with Gasteiger partial charge in [0.25, 0.3) is 5.91 Å². The predicted molar refractivity (Wildman–Crippen MR) is 97.7 cm³/mol. The second kappa shape index (κ2) is 9.56. The van der Waals surface area contributed by atoms with Crippen molar-refractivity contribution in [3.8, 4) is 5.75 Å². The van der Waals surface area contributed by atoms with E-state index in [0.29, 0.717) is 25.2 Å². The molecular weight excluding hydrogens is 335 g/mol. The van der Waals surface area contributed by atoms with Gasteiger partial charge in [0, 0.05) is 32.1 Å². The molecule has 0 fully saturated rings. The molecule has 0 atom stereocenters. The van der Waals surface area contributed by atoms with Crippen molar-refractivity contribution in [3.05, 3.63) is 65.5 Å². The zero-order valence-electron chi connectivity index (χ0n) is 15.0. The van der Waals surface area contributed by atoms with Gasteiger partial charge in [-0.15, -0.1) is 0 Å². The minimum Gasteiger partial charge on any atom is -0.497 e. The maximum atomic E-state index is 12.9. The summed E-state index contributed by atoms with van der Waals surface area (Å²) >= 11 is 0. The van der Waals surface area contributed by atoms with E-state index in [9.17, 15) is 14.0 Å². The van der Waals surface area contributed by atoms with E-state index in [-0.39, 0.29) is 17.6 Å². The van der Waals surface area contributed by atoms with Crippen LogP contribution in [-0.4, -0.2) is 43.5 Å². The Kier molecular flexibility index (Phi) is 7.14. The van der Waals surface area contributed by atoms with E-state index in [1.165, 1.54) is 31.2 Å². The highest BCUT2D eigenvalue weighted by molar-refractivity contribution is 5.94. The van der Waals surface area contributed by atoms with Crippen LogP contribution in [0.25, 0.3) is 0 Å². The molecule has 2 aromatic carbocycles. The number of hydrogen-bond acceptors (Lipinski definition) is 3. The van der Waals surface area contributed by atoms with Crippen LogP contribution in [0.1, 0.15) is 22.8 Å². The Bertz CT molecular complexity index is 730. The molecule has 0 saturated carbocycles. The summed E-state index contributed by atoms with van der Waals surface area (Å²) in [6, 6.07) is 13.0. The number of ether oxygens (including phenoxy) is 1. The quantitative estimate of drug-likeness (QED) is 0.789. The minimum atomic E-state index is -0.386. The van der Waals surface area contributed by atoms with E-state index in [2.05, 4.69) is 5.32 Å². The predicted octanol–water partition coefficient (Wildman–Crippen LogP) is 2.66. The molecule has 1 N–H and O–H groups in total. The maximum absolute atomic E-state index is 12.9. The van der Waals surface area contributed by atoms with Crippen molar-refractivity contribution in [2.45, 2.75) is 13.3 Å². The van der Waals surface area contributed by atoms with Crippen LogP contribution in [0.2, 0.25) is 0 Å². The Morgan fingerprint density at radius 3 is 2.27 bits per heavy atom. The van der Waals surface area contributed by atoms with Crippen LogP contribution in [0.15, 0.2) is 48.5 Å². The Morgan fingerprint density at radius 2 is 1.69 bits per heavy atom. The third-order valence-electron chi connectivity index (χ3n) is 4.05. The molecule has 0 radical (unpaired) electrons. The molecule has 0 saturated heterocycles. The molecular formula is C20H23FN2O3. The number of benzene rings is 2. The second-order valence-corrected chi connectivity index (χ2v) is 5.87. The van der Waals surface area contributed by atoms with Gasteiger partial charge in [-0.1, -0.05) is 12.1 Å². The summed E-state index contributed by atoms with van der Waals surface area (Å²) in [5.41, 5.74) is 1.49. The van der Waals surface area contributed by atoms with Gasteiger partial charge in [-0.3, -0.25) is 9.59 Å². The summed E-state index contributed by atoms with van der Waals surface area (Å²) in [5, 5.41) is 2.75. The third kappa shape index (κ3) is 5.88. The molecule has 0 unspecified atom stereocenters. The SMILES string of the molecule is COc1ccc(CCN(CCNC(=O)c2ccc(F)cc2)C(C)=O)cc1. The molecule has 26 heavy (non-hydrogen) atoms. The van der Waals surface area contributed by atoms with Crippen LogP contribution in [0.3, 0.4) is 0 Å². The Balaban J connectivity index is 1.80. The molecule has 0 bridgehead atoms. The smallest absolute Gasteiger partial charge is 0.251 e. The summed E-state index contributed by atoms with van der Waals surface area (Å²) in [6.45, 7) is 2.82. The maximum Gasteiger partial charge on any atom is 0.251 e. The van der Waals surface area contributed by atoms with Gasteiger partial charge in [0.05, 0.1) is 7.11 Å². The monoisotopic (exact) mass is 358 g/mol. The Morgan fingerprint density at radius 1 is 1.04 bits per heavy atom. The molecule has 138 valence electrons. The lowest BCUT2D eigenvalue weighted by atomic mass is 10.1. The van der Waals surface area contributed by atoms with Crippen molar-refractivity contribution >= 4 is 11.8 Å². The lowest BCUT2D eigenvalue weighted by Crippen LogP contribution is -2.38. The topological polar surface area (TPSA) is 58.6 Å². The van der Waals surface area contributed by atoms with Crippen molar-refractivity contribution in [2.75, 3.05) is 26.7 Å². The summed E-state index contributed by atoms with van der Waals surface area (Å²) in [5.74, 6) is 0.0710. The first-order valence-electron chi connectivity index (χ1n) is 8.42. The third-order valence-corrected chi connectivity index (χ3v) is 4.05. The first-order chi connectivity index (χ1) is 12.5. The lowest BCUT2D eigenvalue weighted by molar-refractivity contribution is -0.128. The van der Waals surface area contributed by atoms with Crippen molar-refractivity contribution in [1.82, 2.24) is 10.2 Å². The van der Waals surface area contributed by atoms with Gasteiger partial charge in [-0.25, -0.2) is 4.39 Å². The summed E-state index contributed by atoms with van der Waals surface area (Å²) in [7, 11) is 1.62. The zero-order valence-corrected chi connectivity index (χ0v) is 15.0. The molecule has 6 heteroatoms. The largest absolute Gasteiger partial charge is 0.497 e. The van der Waals surface area contributed by atoms with Gasteiger partial charge in [0.15, 0.2) is 0 Å². The fraction of sp³-hybridized carbons (Fsp3) is 0.300. The molecule has 0 heterocycles. The van der Waals surface area contributed by atoms with Crippen LogP contribution in [0, 0.1) is 5.82 Å². The number of carbonyl (C=O) groups excluding carboxylic acids is 2. The molecule has 0 aliphatic rings. The first-order valence-corrected chi connectivity index (χ1v) is 8.42. The summed E-state index contributed by atoms with van der Waals surface area (Å²) in [6.07, 6.45) is 0.718. The van der Waals surface area contributed by atoms with Crippen LogP contribution < -0.4 is 10.1 Å². The minimum absolute atomic E-state index is 0.0467. The molecule has 2 rings (SSSR count). The van der Waals surface area contributed by atoms with E-state index < -0.39 is 0 Å². The van der Waals surface area contributed by atoms with Crippen molar-refractivity contribution in [2.24, 2.45) is 0 Å². The highest BCUT2D eigenvalue weighted by Crippen LogP contribution is 2.12. The number of nitrogens with one attached hydrogen (secondary N) is 1. The molecule has 2 amide bonds. The molecule has 2 aromatic rings. The number of nitrogens with zero attached hydrogens (tertiary/aromatic N) is 1. The van der Waals surface area contributed by atoms with Crippen LogP contribution in [0.4, 0.5) is 4.39 Å². The van der Waals surface area contributed by atoms with E-state index in [0.717, 1.165) is 17.7 Å². The molecule has 0 aliphatic heterocycles. The zero-order chi connectivity index (χ0) is 18.9. The van der Waals surface area contributed by atoms with Gasteiger partial charge in [-0.2, -0.15) is 0 Å². The standard InChI is InChI=1S/C20H23FN2O3/c1-15(24)23(13-11-16-3-9-19(26-2)10-4-16)14-12-22-20(25)17-5-7-18(21)8-6-17/h3-10H,11-14H2,1-2H3,(H,22,25). The van der Waals surface area contributed by atoms with E-state index in [4.69, 9.17) is 4.74 Å². The highest BCUT2D eigenvalue weighted by atomic mass is 19.1. The number of methoxy groups -OCH3 is 1. The molecule has 5 nitrogen and oxygen atoms in total. The Labute approximate surface area is 152 Å². The fourth-order valence-corrected chi connectivity index (χ4v) is 2.49. The van der Waals surface area contributed by atoms with Crippen molar-refractivity contribution in [1.29, 1.82) is 0 Å². The molecule has 0 spiro atoms. The first kappa shape index (κ1) is 19.4. The average molecular weight is 358 g/mol. The van der Waals surface area contributed by atoms with E-state index >= 15 is 0 Å². The number of halogens is 1. The van der Waals surface area contributed by atoms with E-state index in [1.807, 2.05) is 24.3 Å². The summed E-state index contributed by atoms with van der Waals surface area (Å²) < 4.78 is 18.0. The Hall–Kier alpha value is -2.89. The van der Waals surface area contributed by atoms with Crippen LogP contribution in [-0.2, 0) is 11.2 Å². The number of hydrogen-bond donors (Lipinski definition) is 1. The van der Waals surface area contributed by atoms with Gasteiger partial charge >= 0.3 is 0 Å². The van der Waals surface area contributed by atoms with Gasteiger partial charge in [0.2, 0.25) is 5.91 Å². The molecule has 0 aliphatic carbocycles.